The lowest BCUT2D eigenvalue weighted by Crippen LogP contribution is -2.11. The number of hydrogen-bond donors (Lipinski definition) is 1. The predicted molar refractivity (Wildman–Crippen MR) is 75.2 cm³/mol. The maximum absolute atomic E-state index is 13.3. The summed E-state index contributed by atoms with van der Waals surface area (Å²) in [5.41, 5.74) is 0.781. The third kappa shape index (κ3) is 3.24. The summed E-state index contributed by atoms with van der Waals surface area (Å²) in [6.45, 7) is 2.20. The molecule has 1 atom stereocenters. The minimum atomic E-state index is -0.861. The average molecular weight is 301 g/mol. The standard InChI is InChI=1S/C13H18ClFN4O/c1-2-3-4-5-9(6-7-20)19-8-16-10-11(14)17-13(15)18-12(10)19/h8-9,20H,2-7H2,1H3. The highest BCUT2D eigenvalue weighted by atomic mass is 35.5. The lowest BCUT2D eigenvalue weighted by atomic mass is 10.1. The van der Waals surface area contributed by atoms with E-state index in [0.29, 0.717) is 17.6 Å². The van der Waals surface area contributed by atoms with E-state index in [-0.39, 0.29) is 17.8 Å². The molecule has 2 aromatic heterocycles. The maximum Gasteiger partial charge on any atom is 0.312 e. The molecule has 0 aliphatic heterocycles. The Hall–Kier alpha value is -1.27. The highest BCUT2D eigenvalue weighted by Gasteiger charge is 2.17. The van der Waals surface area contributed by atoms with Gasteiger partial charge in [-0.2, -0.15) is 14.4 Å². The number of hydrogen-bond acceptors (Lipinski definition) is 4. The first-order chi connectivity index (χ1) is 9.67. The Morgan fingerprint density at radius 2 is 2.15 bits per heavy atom. The van der Waals surface area contributed by atoms with Crippen LogP contribution < -0.4 is 0 Å². The second-order valence-corrected chi connectivity index (χ2v) is 5.13. The van der Waals surface area contributed by atoms with Crippen LogP contribution in [0.1, 0.15) is 45.1 Å². The molecule has 0 bridgehead atoms. The van der Waals surface area contributed by atoms with Gasteiger partial charge < -0.3 is 9.67 Å². The number of aliphatic hydroxyl groups excluding tert-OH is 1. The lowest BCUT2D eigenvalue weighted by molar-refractivity contribution is 0.251. The molecule has 0 amide bonds. The van der Waals surface area contributed by atoms with E-state index in [9.17, 15) is 9.50 Å². The molecule has 0 saturated carbocycles. The van der Waals surface area contributed by atoms with E-state index in [1.165, 1.54) is 0 Å². The van der Waals surface area contributed by atoms with Gasteiger partial charge in [-0.1, -0.05) is 37.8 Å². The van der Waals surface area contributed by atoms with E-state index >= 15 is 0 Å². The number of unbranched alkanes of at least 4 members (excludes halogenated alkanes) is 2. The van der Waals surface area contributed by atoms with Gasteiger partial charge in [0.05, 0.1) is 6.33 Å². The summed E-state index contributed by atoms with van der Waals surface area (Å²) >= 11 is 5.87. The first-order valence-corrected chi connectivity index (χ1v) is 7.21. The molecule has 0 aliphatic rings. The van der Waals surface area contributed by atoms with Gasteiger partial charge >= 0.3 is 6.08 Å². The van der Waals surface area contributed by atoms with Gasteiger partial charge in [-0.3, -0.25) is 0 Å². The van der Waals surface area contributed by atoms with Crippen molar-refractivity contribution in [2.24, 2.45) is 0 Å². The highest BCUT2D eigenvalue weighted by Crippen LogP contribution is 2.26. The number of nitrogens with zero attached hydrogens (tertiary/aromatic N) is 4. The molecule has 0 aliphatic carbocycles. The van der Waals surface area contributed by atoms with Gasteiger partial charge in [0, 0.05) is 12.6 Å². The molecule has 1 N–H and O–H groups in total. The maximum atomic E-state index is 13.3. The number of aromatic nitrogens is 4. The first kappa shape index (κ1) is 15.1. The van der Waals surface area contributed by atoms with Crippen molar-refractivity contribution in [1.29, 1.82) is 0 Å². The highest BCUT2D eigenvalue weighted by molar-refractivity contribution is 6.33. The molecular formula is C13H18ClFN4O. The van der Waals surface area contributed by atoms with Crippen molar-refractivity contribution in [3.8, 4) is 0 Å². The molecule has 0 saturated heterocycles. The minimum Gasteiger partial charge on any atom is -0.396 e. The molecule has 2 aromatic rings. The quantitative estimate of drug-likeness (QED) is 0.485. The van der Waals surface area contributed by atoms with Crippen LogP contribution in [0.4, 0.5) is 4.39 Å². The third-order valence-corrected chi connectivity index (χ3v) is 3.61. The SMILES string of the molecule is CCCCCC(CCO)n1cnc2c(Cl)nc(F)nc21. The van der Waals surface area contributed by atoms with Gasteiger partial charge in [0.1, 0.15) is 5.52 Å². The zero-order chi connectivity index (χ0) is 14.5. The molecule has 110 valence electrons. The van der Waals surface area contributed by atoms with Crippen LogP contribution in [0.25, 0.3) is 11.2 Å². The Kier molecular flexibility index (Phi) is 5.25. The Bertz CT molecular complexity index is 575. The van der Waals surface area contributed by atoms with E-state index in [4.69, 9.17) is 11.6 Å². The molecule has 0 spiro atoms. The Morgan fingerprint density at radius 3 is 2.85 bits per heavy atom. The third-order valence-electron chi connectivity index (χ3n) is 3.35. The molecule has 0 fully saturated rings. The predicted octanol–water partition coefficient (Wildman–Crippen LogP) is 3.12. The number of aliphatic hydroxyl groups is 1. The molecule has 2 rings (SSSR count). The summed E-state index contributed by atoms with van der Waals surface area (Å²) in [7, 11) is 0. The summed E-state index contributed by atoms with van der Waals surface area (Å²) in [5.74, 6) is 0. The van der Waals surface area contributed by atoms with Crippen molar-refractivity contribution >= 4 is 22.8 Å². The summed E-state index contributed by atoms with van der Waals surface area (Å²) < 4.78 is 15.1. The van der Waals surface area contributed by atoms with Gasteiger partial charge in [0.25, 0.3) is 0 Å². The van der Waals surface area contributed by atoms with Crippen LogP contribution in [0.3, 0.4) is 0 Å². The minimum absolute atomic E-state index is 0.0163. The second-order valence-electron chi connectivity index (χ2n) is 4.77. The van der Waals surface area contributed by atoms with Gasteiger partial charge in [-0.15, -0.1) is 0 Å². The number of fused-ring (bicyclic) bond motifs is 1. The fourth-order valence-corrected chi connectivity index (χ4v) is 2.53. The number of imidazole rings is 1. The van der Waals surface area contributed by atoms with E-state index in [0.717, 1.165) is 25.7 Å². The Balaban J connectivity index is 2.32. The van der Waals surface area contributed by atoms with Crippen molar-refractivity contribution < 1.29 is 9.50 Å². The molecule has 20 heavy (non-hydrogen) atoms. The molecule has 0 radical (unpaired) electrons. The Morgan fingerprint density at radius 1 is 1.35 bits per heavy atom. The van der Waals surface area contributed by atoms with Crippen LogP contribution in [-0.4, -0.2) is 31.2 Å². The van der Waals surface area contributed by atoms with Crippen LogP contribution in [-0.2, 0) is 0 Å². The molecule has 2 heterocycles. The topological polar surface area (TPSA) is 63.8 Å². The van der Waals surface area contributed by atoms with Crippen molar-refractivity contribution in [3.63, 3.8) is 0 Å². The molecule has 7 heteroatoms. The normalized spacial score (nSPS) is 13.0. The number of rotatable bonds is 7. The number of halogens is 2. The summed E-state index contributed by atoms with van der Waals surface area (Å²) in [6.07, 6.45) is 5.50. The van der Waals surface area contributed by atoms with Crippen LogP contribution in [0.5, 0.6) is 0 Å². The summed E-state index contributed by atoms with van der Waals surface area (Å²) in [6, 6.07) is 0.0434. The zero-order valence-electron chi connectivity index (χ0n) is 11.4. The lowest BCUT2D eigenvalue weighted by Gasteiger charge is -2.17. The summed E-state index contributed by atoms with van der Waals surface area (Å²) in [5, 5.41) is 9.22. The Labute approximate surface area is 121 Å². The molecular weight excluding hydrogens is 283 g/mol. The van der Waals surface area contributed by atoms with E-state index in [1.807, 2.05) is 0 Å². The van der Waals surface area contributed by atoms with Gasteiger partial charge in [0.2, 0.25) is 0 Å². The van der Waals surface area contributed by atoms with Crippen LogP contribution in [0.2, 0.25) is 5.15 Å². The van der Waals surface area contributed by atoms with Crippen molar-refractivity contribution in [2.75, 3.05) is 6.61 Å². The molecule has 0 aromatic carbocycles. The fourth-order valence-electron chi connectivity index (χ4n) is 2.33. The zero-order valence-corrected chi connectivity index (χ0v) is 12.1. The largest absolute Gasteiger partial charge is 0.396 e. The first-order valence-electron chi connectivity index (χ1n) is 6.83. The van der Waals surface area contributed by atoms with E-state index in [1.54, 1.807) is 10.9 Å². The fraction of sp³-hybridized carbons (Fsp3) is 0.615. The van der Waals surface area contributed by atoms with Crippen LogP contribution >= 0.6 is 11.6 Å². The van der Waals surface area contributed by atoms with Crippen LogP contribution in [0.15, 0.2) is 6.33 Å². The van der Waals surface area contributed by atoms with E-state index in [2.05, 4.69) is 21.9 Å². The molecule has 5 nitrogen and oxygen atoms in total. The van der Waals surface area contributed by atoms with Gasteiger partial charge in [0.15, 0.2) is 10.8 Å². The summed E-state index contributed by atoms with van der Waals surface area (Å²) in [4.78, 5) is 11.4. The average Bonchev–Trinajstić information content (AvgIpc) is 2.82. The van der Waals surface area contributed by atoms with Gasteiger partial charge in [-0.05, 0) is 12.8 Å². The molecule has 1 unspecified atom stereocenters. The van der Waals surface area contributed by atoms with Gasteiger partial charge in [-0.25, -0.2) is 4.98 Å². The van der Waals surface area contributed by atoms with E-state index < -0.39 is 6.08 Å². The van der Waals surface area contributed by atoms with Crippen molar-refractivity contribution in [3.05, 3.63) is 17.6 Å². The van der Waals surface area contributed by atoms with Crippen LogP contribution in [0, 0.1) is 6.08 Å². The monoisotopic (exact) mass is 300 g/mol. The van der Waals surface area contributed by atoms with Crippen molar-refractivity contribution in [2.45, 2.75) is 45.1 Å². The van der Waals surface area contributed by atoms with Crippen molar-refractivity contribution in [1.82, 2.24) is 19.5 Å². The second kappa shape index (κ2) is 6.95. The smallest absolute Gasteiger partial charge is 0.312 e.